The molecule has 7 rings (SSSR count). The molecule has 0 radical (unpaired) electrons. The third-order valence-electron chi connectivity index (χ3n) is 8.69. The zero-order chi connectivity index (χ0) is 24.7. The van der Waals surface area contributed by atoms with Crippen LogP contribution in [0.1, 0.15) is 49.7 Å². The molecule has 4 nitrogen and oxygen atoms in total. The number of para-hydroxylation sites is 1. The Balaban J connectivity index is 1.69. The first kappa shape index (κ1) is 21.3. The van der Waals surface area contributed by atoms with Crippen LogP contribution in [0.4, 0.5) is 5.69 Å². The number of rotatable bonds is 1. The summed E-state index contributed by atoms with van der Waals surface area (Å²) in [5.74, 6) is -0.0824. The average molecular weight is 471 g/mol. The first-order chi connectivity index (χ1) is 17.5. The van der Waals surface area contributed by atoms with Gasteiger partial charge < -0.3 is 5.32 Å². The summed E-state index contributed by atoms with van der Waals surface area (Å²) < 4.78 is 0. The standard InChI is InChI=1S/C32H26N2O2/c1-20-15-17-21(18-16-20)27-19-34(2)32(26-13-7-8-14-28(26)33-30(32)36)31(27)24-11-5-3-9-22(24)29(35)23-10-4-6-12-25(23)31/h3-18,27H,19H2,1-2H3,(H,33,36)/t27-,32-/m0/s1. The Morgan fingerprint density at radius 3 is 1.94 bits per heavy atom. The van der Waals surface area contributed by atoms with Crippen LogP contribution in [0.2, 0.25) is 0 Å². The van der Waals surface area contributed by atoms with Crippen LogP contribution >= 0.6 is 0 Å². The molecule has 1 saturated heterocycles. The lowest BCUT2D eigenvalue weighted by Crippen LogP contribution is -2.60. The molecule has 1 amide bonds. The van der Waals surface area contributed by atoms with E-state index in [1.54, 1.807) is 0 Å². The number of nitrogens with zero attached hydrogens (tertiary/aromatic N) is 1. The van der Waals surface area contributed by atoms with E-state index in [-0.39, 0.29) is 17.6 Å². The average Bonchev–Trinajstić information content (AvgIpc) is 3.36. The van der Waals surface area contributed by atoms with E-state index < -0.39 is 11.0 Å². The second-order valence-corrected chi connectivity index (χ2v) is 10.3. The van der Waals surface area contributed by atoms with Crippen molar-refractivity contribution in [2.75, 3.05) is 18.9 Å². The van der Waals surface area contributed by atoms with Gasteiger partial charge in [-0.05, 0) is 36.7 Å². The van der Waals surface area contributed by atoms with Crippen molar-refractivity contribution in [2.24, 2.45) is 0 Å². The number of carbonyl (C=O) groups is 2. The fourth-order valence-electron chi connectivity index (χ4n) is 7.37. The molecule has 36 heavy (non-hydrogen) atoms. The summed E-state index contributed by atoms with van der Waals surface area (Å²) in [5.41, 5.74) is 5.54. The highest BCUT2D eigenvalue weighted by Crippen LogP contribution is 2.67. The summed E-state index contributed by atoms with van der Waals surface area (Å²) in [4.78, 5) is 30.5. The van der Waals surface area contributed by atoms with Gasteiger partial charge in [-0.2, -0.15) is 0 Å². The molecular weight excluding hydrogens is 444 g/mol. The number of hydrogen-bond acceptors (Lipinski definition) is 3. The van der Waals surface area contributed by atoms with Crippen molar-refractivity contribution in [2.45, 2.75) is 23.8 Å². The summed E-state index contributed by atoms with van der Waals surface area (Å²) in [7, 11) is 2.05. The Kier molecular flexibility index (Phi) is 4.28. The molecule has 0 unspecified atom stereocenters. The van der Waals surface area contributed by atoms with Gasteiger partial charge in [-0.3, -0.25) is 14.5 Å². The molecule has 4 aromatic carbocycles. The molecule has 1 fully saturated rings. The normalized spacial score (nSPS) is 23.4. The summed E-state index contributed by atoms with van der Waals surface area (Å²) in [6.07, 6.45) is 0. The van der Waals surface area contributed by atoms with Crippen molar-refractivity contribution in [1.82, 2.24) is 4.90 Å². The topological polar surface area (TPSA) is 49.4 Å². The van der Waals surface area contributed by atoms with E-state index in [0.717, 1.165) is 22.4 Å². The largest absolute Gasteiger partial charge is 0.324 e. The van der Waals surface area contributed by atoms with Crippen molar-refractivity contribution in [3.63, 3.8) is 0 Å². The lowest BCUT2D eigenvalue weighted by Gasteiger charge is -2.51. The van der Waals surface area contributed by atoms with Gasteiger partial charge in [-0.25, -0.2) is 0 Å². The number of amides is 1. The van der Waals surface area contributed by atoms with Crippen molar-refractivity contribution >= 4 is 17.4 Å². The minimum atomic E-state index is -1.02. The van der Waals surface area contributed by atoms with Crippen LogP contribution in [0.25, 0.3) is 0 Å². The van der Waals surface area contributed by atoms with E-state index in [4.69, 9.17) is 0 Å². The number of likely N-dealkylation sites (tertiary alicyclic amines) is 1. The highest BCUT2D eigenvalue weighted by Gasteiger charge is 2.73. The molecule has 4 aromatic rings. The third-order valence-corrected chi connectivity index (χ3v) is 8.69. The number of nitrogens with one attached hydrogen (secondary N) is 1. The maximum absolute atomic E-state index is 14.4. The monoisotopic (exact) mass is 470 g/mol. The molecule has 0 aromatic heterocycles. The third kappa shape index (κ3) is 2.33. The van der Waals surface area contributed by atoms with E-state index in [9.17, 15) is 9.59 Å². The molecule has 2 atom stereocenters. The Morgan fingerprint density at radius 2 is 1.31 bits per heavy atom. The second kappa shape index (κ2) is 7.25. The Morgan fingerprint density at radius 1 is 0.750 bits per heavy atom. The molecule has 1 N–H and O–H groups in total. The quantitative estimate of drug-likeness (QED) is 0.405. The highest BCUT2D eigenvalue weighted by molar-refractivity contribution is 6.16. The number of aryl methyl sites for hydroxylation is 1. The maximum Gasteiger partial charge on any atom is 0.250 e. The SMILES string of the molecule is Cc1ccc([C@@H]2CN(C)[C@@]3(C(=O)Nc4ccccc43)C23c2ccccc2C(=O)c2ccccc23)cc1. The molecular formula is C32H26N2O2. The number of carbonyl (C=O) groups excluding carboxylic acids is 2. The van der Waals surface area contributed by atoms with Crippen LogP contribution in [-0.2, 0) is 15.7 Å². The van der Waals surface area contributed by atoms with Gasteiger partial charge in [0.25, 0.3) is 5.91 Å². The predicted molar refractivity (Wildman–Crippen MR) is 140 cm³/mol. The minimum Gasteiger partial charge on any atom is -0.324 e. The predicted octanol–water partition coefficient (Wildman–Crippen LogP) is 5.40. The number of anilines is 1. The van der Waals surface area contributed by atoms with Crippen LogP contribution in [0.3, 0.4) is 0 Å². The molecule has 0 bridgehead atoms. The molecule has 4 heteroatoms. The van der Waals surface area contributed by atoms with E-state index in [2.05, 4.69) is 66.7 Å². The van der Waals surface area contributed by atoms with Crippen molar-refractivity contribution in [3.8, 4) is 0 Å². The number of benzene rings is 4. The van der Waals surface area contributed by atoms with E-state index in [1.165, 1.54) is 11.1 Å². The lowest BCUT2D eigenvalue weighted by atomic mass is 9.51. The molecule has 2 heterocycles. The van der Waals surface area contributed by atoms with Gasteiger partial charge in [0, 0.05) is 34.8 Å². The summed E-state index contributed by atoms with van der Waals surface area (Å²) in [6, 6.07) is 32.5. The Hall–Kier alpha value is -4.02. The van der Waals surface area contributed by atoms with Crippen LogP contribution in [-0.4, -0.2) is 30.2 Å². The Bertz CT molecular complexity index is 1520. The first-order valence-electron chi connectivity index (χ1n) is 12.4. The number of likely N-dealkylation sites (N-methyl/N-ethyl adjacent to an activating group) is 1. The van der Waals surface area contributed by atoms with Crippen LogP contribution < -0.4 is 5.32 Å². The number of hydrogen-bond donors (Lipinski definition) is 1. The van der Waals surface area contributed by atoms with E-state index in [1.807, 2.05) is 54.6 Å². The van der Waals surface area contributed by atoms with Gasteiger partial charge in [0.15, 0.2) is 5.78 Å². The molecule has 0 saturated carbocycles. The molecule has 1 aliphatic carbocycles. The summed E-state index contributed by atoms with van der Waals surface area (Å²) >= 11 is 0. The smallest absolute Gasteiger partial charge is 0.250 e. The molecule has 176 valence electrons. The van der Waals surface area contributed by atoms with Crippen LogP contribution in [0.5, 0.6) is 0 Å². The van der Waals surface area contributed by atoms with E-state index >= 15 is 0 Å². The van der Waals surface area contributed by atoms with Gasteiger partial charge in [0.1, 0.15) is 5.54 Å². The number of ketones is 1. The minimum absolute atomic E-state index is 0.0193. The van der Waals surface area contributed by atoms with Gasteiger partial charge in [-0.15, -0.1) is 0 Å². The maximum atomic E-state index is 14.4. The number of fused-ring (bicyclic) bond motifs is 7. The zero-order valence-corrected chi connectivity index (χ0v) is 20.3. The van der Waals surface area contributed by atoms with Crippen molar-refractivity contribution in [1.29, 1.82) is 0 Å². The highest BCUT2D eigenvalue weighted by atomic mass is 16.2. The van der Waals surface area contributed by atoms with Crippen molar-refractivity contribution < 1.29 is 9.59 Å². The summed E-state index contributed by atoms with van der Waals surface area (Å²) in [5, 5.41) is 3.22. The first-order valence-corrected chi connectivity index (χ1v) is 12.4. The van der Waals surface area contributed by atoms with Crippen LogP contribution in [0.15, 0.2) is 97.1 Å². The fourth-order valence-corrected chi connectivity index (χ4v) is 7.37. The van der Waals surface area contributed by atoms with Crippen LogP contribution in [0, 0.1) is 6.92 Å². The molecule has 3 aliphatic rings. The van der Waals surface area contributed by atoms with E-state index in [0.29, 0.717) is 17.7 Å². The van der Waals surface area contributed by atoms with Gasteiger partial charge in [-0.1, -0.05) is 96.6 Å². The van der Waals surface area contributed by atoms with Crippen molar-refractivity contribution in [3.05, 3.63) is 136 Å². The Labute approximate surface area is 210 Å². The van der Waals surface area contributed by atoms with Gasteiger partial charge >= 0.3 is 0 Å². The molecule has 2 spiro atoms. The summed E-state index contributed by atoms with van der Waals surface area (Å²) in [6.45, 7) is 2.76. The fraction of sp³-hybridized carbons (Fsp3) is 0.188. The molecule has 2 aliphatic heterocycles. The van der Waals surface area contributed by atoms with Gasteiger partial charge in [0.2, 0.25) is 0 Å². The van der Waals surface area contributed by atoms with Gasteiger partial charge in [0.05, 0.1) is 5.41 Å². The second-order valence-electron chi connectivity index (χ2n) is 10.3. The zero-order valence-electron chi connectivity index (χ0n) is 20.3. The lowest BCUT2D eigenvalue weighted by molar-refractivity contribution is -0.127.